The molecule has 7 aliphatic heterocycles. The van der Waals surface area contributed by atoms with E-state index in [1.165, 1.54) is 0 Å². The largest absolute Gasteiger partial charge is 0.450 e. The van der Waals surface area contributed by atoms with E-state index < -0.39 is 87.1 Å². The highest BCUT2D eigenvalue weighted by atomic mass is 16.8. The Morgan fingerprint density at radius 2 is 1.77 bits per heavy atom. The minimum atomic E-state index is -2.42. The van der Waals surface area contributed by atoms with Crippen molar-refractivity contribution in [2.24, 2.45) is 35.0 Å². The average molecular weight is 557 g/mol. The molecule has 0 aromatic heterocycles. The maximum atomic E-state index is 14.3. The van der Waals surface area contributed by atoms with Gasteiger partial charge in [0.1, 0.15) is 17.5 Å². The molecule has 11 heteroatoms. The quantitative estimate of drug-likeness (QED) is 0.355. The second-order valence-electron chi connectivity index (χ2n) is 14.4. The van der Waals surface area contributed by atoms with Gasteiger partial charge in [-0.25, -0.2) is 4.79 Å². The first kappa shape index (κ1) is 24.4. The third-order valence-corrected chi connectivity index (χ3v) is 12.7. The normalized spacial score (nSPS) is 62.9. The van der Waals surface area contributed by atoms with Crippen molar-refractivity contribution in [3.8, 4) is 0 Å². The van der Waals surface area contributed by atoms with E-state index in [4.69, 9.17) is 23.7 Å². The van der Waals surface area contributed by atoms with Gasteiger partial charge < -0.3 is 39.0 Å². The van der Waals surface area contributed by atoms with Gasteiger partial charge in [-0.2, -0.15) is 0 Å². The molecule has 214 valence electrons. The van der Waals surface area contributed by atoms with Gasteiger partial charge in [-0.1, -0.05) is 13.8 Å². The lowest BCUT2D eigenvalue weighted by Gasteiger charge is -2.53. The maximum absolute atomic E-state index is 14.3. The minimum Gasteiger partial charge on any atom is -0.450 e. The lowest BCUT2D eigenvalue weighted by molar-refractivity contribution is -0.393. The first-order chi connectivity index (χ1) is 18.5. The lowest BCUT2D eigenvalue weighted by atomic mass is 9.61. The molecule has 0 aromatic carbocycles. The Labute approximate surface area is 229 Å². The van der Waals surface area contributed by atoms with Gasteiger partial charge in [0.05, 0.1) is 29.6 Å². The molecule has 0 aromatic rings. The van der Waals surface area contributed by atoms with Gasteiger partial charge in [0.15, 0.2) is 0 Å². The number of hydrogen-bond donors (Lipinski definition) is 3. The fourth-order valence-electron chi connectivity index (χ4n) is 11.3. The van der Waals surface area contributed by atoms with Crippen LogP contribution in [0.25, 0.3) is 0 Å². The van der Waals surface area contributed by atoms with E-state index in [1.807, 2.05) is 27.7 Å². The molecule has 0 amide bonds. The molecule has 6 saturated heterocycles. The van der Waals surface area contributed by atoms with Crippen LogP contribution in [-0.2, 0) is 38.1 Å². The number of rotatable bonds is 0. The van der Waals surface area contributed by atoms with Crippen LogP contribution in [-0.4, -0.2) is 79.2 Å². The SMILES string of the molecule is CC1=CC(=C2[C@@H](C)[C@@H]3[C@H]4[C@]3(C)[C@]2(O)C[C@@]23O[C@]4(O)C(=O)[C@@H]2[C@@H]2C[C@H]4C(C)(C)O[C@@H]5CC(=O)O[C@@]54[C@@]3(O)O2)OC1=O. The van der Waals surface area contributed by atoms with Crippen LogP contribution < -0.4 is 0 Å². The van der Waals surface area contributed by atoms with Gasteiger partial charge in [-0.05, 0) is 45.1 Å². The first-order valence-electron chi connectivity index (χ1n) is 14.2. The van der Waals surface area contributed by atoms with Crippen LogP contribution in [0.15, 0.2) is 23.0 Å². The van der Waals surface area contributed by atoms with Crippen molar-refractivity contribution in [1.82, 2.24) is 0 Å². The van der Waals surface area contributed by atoms with Crippen LogP contribution in [0, 0.1) is 35.0 Å². The molecular weight excluding hydrogens is 524 g/mol. The van der Waals surface area contributed by atoms with E-state index in [0.29, 0.717) is 11.1 Å². The van der Waals surface area contributed by atoms with E-state index in [1.54, 1.807) is 13.0 Å². The number of ether oxygens (including phenoxy) is 5. The van der Waals surface area contributed by atoms with E-state index in [9.17, 15) is 29.7 Å². The zero-order chi connectivity index (χ0) is 28.4. The summed E-state index contributed by atoms with van der Waals surface area (Å²) >= 11 is 0. The number of carbonyl (C=O) groups excluding carboxylic acids is 3. The molecule has 4 bridgehead atoms. The maximum Gasteiger partial charge on any atom is 0.339 e. The van der Waals surface area contributed by atoms with Gasteiger partial charge in [0.2, 0.25) is 23.0 Å². The summed E-state index contributed by atoms with van der Waals surface area (Å²) in [6.45, 7) is 9.05. The molecule has 7 heterocycles. The van der Waals surface area contributed by atoms with Crippen molar-refractivity contribution in [3.63, 3.8) is 0 Å². The Morgan fingerprint density at radius 1 is 1.05 bits per heavy atom. The monoisotopic (exact) mass is 556 g/mol. The van der Waals surface area contributed by atoms with Crippen LogP contribution in [0.4, 0.5) is 0 Å². The van der Waals surface area contributed by atoms with E-state index >= 15 is 0 Å². The van der Waals surface area contributed by atoms with Crippen molar-refractivity contribution in [3.05, 3.63) is 23.0 Å². The predicted molar refractivity (Wildman–Crippen MR) is 128 cm³/mol. The summed E-state index contributed by atoms with van der Waals surface area (Å²) in [5, 5.41) is 37.9. The standard InChI is InChI=1S/C29H32O11/c1-10-6-12(36-22(10)32)17-11(2)18-20-24(18,5)25(17,33)9-26-19(21(31)28(20,34)40-26)13-7-14-23(3,4)38-15-8-16(30)39-27(14,15)29(26,35)37-13/h6,11,13-15,18-20,33-35H,7-9H2,1-5H3/t11-,13+,14+,15-,18-,19+,20+,24-,25+,26-,27-,28+,29+/m1/s1. The molecule has 9 aliphatic rings. The number of aliphatic hydroxyl groups is 3. The highest BCUT2D eigenvalue weighted by Gasteiger charge is 2.98. The molecule has 40 heavy (non-hydrogen) atoms. The van der Waals surface area contributed by atoms with Crippen molar-refractivity contribution < 1.29 is 53.4 Å². The molecule has 13 atom stereocenters. The topological polar surface area (TPSA) is 158 Å². The molecule has 8 fully saturated rings. The summed E-state index contributed by atoms with van der Waals surface area (Å²) in [5.74, 6) is -9.25. The summed E-state index contributed by atoms with van der Waals surface area (Å²) in [6, 6.07) is 0. The first-order valence-corrected chi connectivity index (χ1v) is 14.2. The fourth-order valence-corrected chi connectivity index (χ4v) is 11.3. The van der Waals surface area contributed by atoms with Crippen LogP contribution >= 0.6 is 0 Å². The number of allylic oxidation sites excluding steroid dienone is 1. The third-order valence-electron chi connectivity index (χ3n) is 12.7. The van der Waals surface area contributed by atoms with Gasteiger partial charge in [-0.3, -0.25) is 9.59 Å². The van der Waals surface area contributed by atoms with E-state index in [-0.39, 0.29) is 36.9 Å². The van der Waals surface area contributed by atoms with Crippen molar-refractivity contribution in [1.29, 1.82) is 0 Å². The smallest absolute Gasteiger partial charge is 0.339 e. The minimum absolute atomic E-state index is 0.117. The highest BCUT2D eigenvalue weighted by molar-refractivity contribution is 5.95. The van der Waals surface area contributed by atoms with E-state index in [2.05, 4.69) is 0 Å². The van der Waals surface area contributed by atoms with Crippen LogP contribution in [0.2, 0.25) is 0 Å². The van der Waals surface area contributed by atoms with Crippen molar-refractivity contribution in [2.45, 2.75) is 100 Å². The Kier molecular flexibility index (Phi) is 3.75. The molecule has 0 unspecified atom stereocenters. The molecule has 2 aliphatic carbocycles. The third kappa shape index (κ3) is 1.99. The highest BCUT2D eigenvalue weighted by Crippen LogP contribution is 2.85. The Morgan fingerprint density at radius 3 is 2.45 bits per heavy atom. The fraction of sp³-hybridized carbons (Fsp3) is 0.759. The number of ketones is 1. The Bertz CT molecular complexity index is 1460. The van der Waals surface area contributed by atoms with Crippen molar-refractivity contribution >= 4 is 17.7 Å². The molecule has 2 spiro atoms. The van der Waals surface area contributed by atoms with Gasteiger partial charge in [0, 0.05) is 34.8 Å². The average Bonchev–Trinajstić information content (AvgIpc) is 3.10. The number of cyclic esters (lactones) is 1. The second-order valence-corrected chi connectivity index (χ2v) is 14.4. The molecule has 0 radical (unpaired) electrons. The zero-order valence-electron chi connectivity index (χ0n) is 22.8. The molecule has 2 saturated carbocycles. The molecule has 9 rings (SSSR count). The van der Waals surface area contributed by atoms with Gasteiger partial charge in [0.25, 0.3) is 0 Å². The molecule has 3 N–H and O–H groups in total. The Balaban J connectivity index is 1.31. The second kappa shape index (κ2) is 6.14. The number of fused-ring (bicyclic) bond motifs is 6. The molecular formula is C29H32O11. The summed E-state index contributed by atoms with van der Waals surface area (Å²) in [7, 11) is 0. The van der Waals surface area contributed by atoms with Gasteiger partial charge >= 0.3 is 11.9 Å². The van der Waals surface area contributed by atoms with E-state index in [0.717, 1.165) is 0 Å². The van der Waals surface area contributed by atoms with Crippen LogP contribution in [0.1, 0.15) is 53.9 Å². The summed E-state index contributed by atoms with van der Waals surface area (Å²) in [6.07, 6.45) is -0.374. The number of hydrogen-bond acceptors (Lipinski definition) is 11. The molecule has 11 nitrogen and oxygen atoms in total. The van der Waals surface area contributed by atoms with Crippen molar-refractivity contribution in [2.75, 3.05) is 0 Å². The lowest BCUT2D eigenvalue weighted by Crippen LogP contribution is -2.74. The van der Waals surface area contributed by atoms with Crippen LogP contribution in [0.5, 0.6) is 0 Å². The summed E-state index contributed by atoms with van der Waals surface area (Å²) in [5.41, 5.74) is -6.43. The Hall–Kier alpha value is -2.15. The number of esters is 2. The zero-order valence-corrected chi connectivity index (χ0v) is 22.8. The predicted octanol–water partition coefficient (Wildman–Crippen LogP) is 0.394. The summed E-state index contributed by atoms with van der Waals surface area (Å²) in [4.78, 5) is 39.4. The van der Waals surface area contributed by atoms with Crippen LogP contribution in [0.3, 0.4) is 0 Å². The number of Topliss-reactive ketones (excluding diaryl/α,β-unsaturated/α-hetero) is 1. The number of carbonyl (C=O) groups is 3. The van der Waals surface area contributed by atoms with Gasteiger partial charge in [-0.15, -0.1) is 0 Å². The summed E-state index contributed by atoms with van der Waals surface area (Å²) < 4.78 is 30.8.